The van der Waals surface area contributed by atoms with Crippen molar-refractivity contribution in [1.29, 1.82) is 0 Å². The van der Waals surface area contributed by atoms with E-state index >= 15 is 0 Å². The maximum absolute atomic E-state index is 5.47. The van der Waals surface area contributed by atoms with Crippen LogP contribution in [0.3, 0.4) is 0 Å². The van der Waals surface area contributed by atoms with Crippen molar-refractivity contribution >= 4 is 35.6 Å². The molecule has 3 aromatic rings. The van der Waals surface area contributed by atoms with Crippen molar-refractivity contribution in [3.05, 3.63) is 65.6 Å². The number of aromatic nitrogens is 3. The van der Waals surface area contributed by atoms with E-state index in [-0.39, 0.29) is 24.0 Å². The number of ether oxygens (including phenoxy) is 1. The number of rotatable bonds is 8. The maximum Gasteiger partial charge on any atom is 0.191 e. The van der Waals surface area contributed by atoms with Crippen molar-refractivity contribution < 1.29 is 4.74 Å². The molecule has 4 rings (SSSR count). The van der Waals surface area contributed by atoms with Crippen molar-refractivity contribution in [3.8, 4) is 0 Å². The van der Waals surface area contributed by atoms with E-state index in [1.807, 2.05) is 28.8 Å². The molecule has 0 bridgehead atoms. The molecule has 0 aliphatic carbocycles. The Hall–Kier alpha value is -2.24. The maximum atomic E-state index is 5.47. The fraction of sp³-hybridized carbons (Fsp3) is 0.435. The Kier molecular flexibility index (Phi) is 9.69. The Labute approximate surface area is 206 Å². The minimum Gasteiger partial charge on any atom is -0.379 e. The van der Waals surface area contributed by atoms with Gasteiger partial charge in [-0.25, -0.2) is 0 Å². The number of halogens is 1. The molecule has 8 nitrogen and oxygen atoms in total. The van der Waals surface area contributed by atoms with Gasteiger partial charge in [-0.3, -0.25) is 14.3 Å². The van der Waals surface area contributed by atoms with Gasteiger partial charge in [-0.2, -0.15) is 0 Å². The Morgan fingerprint density at radius 1 is 1.03 bits per heavy atom. The molecule has 0 atom stereocenters. The number of morpholine rings is 1. The third-order valence-electron chi connectivity index (χ3n) is 5.54. The predicted octanol–water partition coefficient (Wildman–Crippen LogP) is 2.48. The molecule has 1 aromatic carbocycles. The van der Waals surface area contributed by atoms with Crippen LogP contribution in [0, 0.1) is 0 Å². The monoisotopic (exact) mass is 549 g/mol. The summed E-state index contributed by atoms with van der Waals surface area (Å²) in [4.78, 5) is 6.82. The van der Waals surface area contributed by atoms with Crippen LogP contribution in [0.1, 0.15) is 23.4 Å². The van der Waals surface area contributed by atoms with E-state index in [4.69, 9.17) is 4.74 Å². The molecule has 0 saturated carbocycles. The fourth-order valence-corrected chi connectivity index (χ4v) is 3.80. The Bertz CT molecular complexity index is 1000. The van der Waals surface area contributed by atoms with Crippen molar-refractivity contribution in [3.63, 3.8) is 0 Å². The molecular weight excluding hydrogens is 517 g/mol. The summed E-state index contributed by atoms with van der Waals surface area (Å²) in [6.45, 7) is 6.15. The first-order valence-corrected chi connectivity index (χ1v) is 10.9. The quantitative estimate of drug-likeness (QED) is 0.195. The van der Waals surface area contributed by atoms with Crippen LogP contribution in [-0.4, -0.2) is 65.4 Å². The summed E-state index contributed by atoms with van der Waals surface area (Å²) >= 11 is 0. The highest BCUT2D eigenvalue weighted by molar-refractivity contribution is 14.0. The zero-order chi connectivity index (χ0) is 21.3. The lowest BCUT2D eigenvalue weighted by Crippen LogP contribution is -2.38. The molecule has 9 heteroatoms. The lowest BCUT2D eigenvalue weighted by atomic mass is 10.1. The molecule has 1 aliphatic heterocycles. The fourth-order valence-electron chi connectivity index (χ4n) is 3.80. The number of fused-ring (bicyclic) bond motifs is 1. The molecule has 1 saturated heterocycles. The number of nitrogens with zero attached hydrogens (tertiary/aromatic N) is 5. The van der Waals surface area contributed by atoms with Crippen molar-refractivity contribution in [2.75, 3.05) is 39.9 Å². The largest absolute Gasteiger partial charge is 0.379 e. The normalized spacial score (nSPS) is 14.8. The number of aliphatic imine (C=N–C) groups is 1. The average Bonchev–Trinajstić information content (AvgIpc) is 3.23. The van der Waals surface area contributed by atoms with E-state index in [9.17, 15) is 0 Å². The number of nitrogens with one attached hydrogen (secondary N) is 2. The van der Waals surface area contributed by atoms with Crippen LogP contribution in [0.15, 0.2) is 53.7 Å². The van der Waals surface area contributed by atoms with Crippen LogP contribution in [-0.2, 0) is 24.2 Å². The molecule has 0 amide bonds. The molecule has 2 aromatic heterocycles. The smallest absolute Gasteiger partial charge is 0.191 e. The lowest BCUT2D eigenvalue weighted by Gasteiger charge is -2.27. The van der Waals surface area contributed by atoms with Crippen LogP contribution >= 0.6 is 24.0 Å². The second-order valence-corrected chi connectivity index (χ2v) is 7.66. The number of guanidine groups is 1. The second kappa shape index (κ2) is 12.7. The van der Waals surface area contributed by atoms with Crippen LogP contribution in [0.2, 0.25) is 0 Å². The first kappa shape index (κ1) is 24.4. The van der Waals surface area contributed by atoms with Gasteiger partial charge in [-0.1, -0.05) is 30.3 Å². The Balaban J connectivity index is 0.00000289. The number of benzene rings is 1. The molecule has 32 heavy (non-hydrogen) atoms. The van der Waals surface area contributed by atoms with Gasteiger partial charge in [0, 0.05) is 52.4 Å². The van der Waals surface area contributed by atoms with Gasteiger partial charge in [-0.05, 0) is 29.7 Å². The minimum absolute atomic E-state index is 0. The van der Waals surface area contributed by atoms with Crippen LogP contribution in [0.25, 0.3) is 5.65 Å². The van der Waals surface area contributed by atoms with Gasteiger partial charge in [-0.15, -0.1) is 34.2 Å². The van der Waals surface area contributed by atoms with Gasteiger partial charge in [0.15, 0.2) is 11.6 Å². The summed E-state index contributed by atoms with van der Waals surface area (Å²) in [6, 6.07) is 14.6. The first-order valence-electron chi connectivity index (χ1n) is 10.9. The van der Waals surface area contributed by atoms with Gasteiger partial charge in [0.25, 0.3) is 0 Å². The van der Waals surface area contributed by atoms with Gasteiger partial charge in [0.1, 0.15) is 5.82 Å². The van der Waals surface area contributed by atoms with E-state index in [0.29, 0.717) is 0 Å². The first-order chi connectivity index (χ1) is 15.3. The van der Waals surface area contributed by atoms with E-state index in [0.717, 1.165) is 76.2 Å². The third kappa shape index (κ3) is 6.63. The predicted molar refractivity (Wildman–Crippen MR) is 137 cm³/mol. The minimum atomic E-state index is 0. The summed E-state index contributed by atoms with van der Waals surface area (Å²) in [5, 5.41) is 15.4. The number of hydrogen-bond acceptors (Lipinski definition) is 5. The SMILES string of the molecule is CN=C(NCCCc1nnc2ccccn12)NCc1ccccc1CN1CCOCC1.I. The third-order valence-corrected chi connectivity index (χ3v) is 5.54. The van der Waals surface area contributed by atoms with E-state index in [1.165, 1.54) is 11.1 Å². The molecule has 0 unspecified atom stereocenters. The standard InChI is InChI=1S/C23H31N7O.HI/c1-24-23(25-11-6-10-22-28-27-21-9-4-5-12-30(21)22)26-17-19-7-2-3-8-20(19)18-29-13-15-31-16-14-29;/h2-5,7-9,12H,6,10-11,13-18H2,1H3,(H2,24,25,26);1H. The van der Waals surface area contributed by atoms with Gasteiger partial charge in [0.05, 0.1) is 13.2 Å². The van der Waals surface area contributed by atoms with Crippen molar-refractivity contribution in [2.45, 2.75) is 25.9 Å². The molecule has 1 fully saturated rings. The number of aryl methyl sites for hydroxylation is 1. The van der Waals surface area contributed by atoms with Crippen LogP contribution < -0.4 is 10.6 Å². The van der Waals surface area contributed by atoms with E-state index < -0.39 is 0 Å². The van der Waals surface area contributed by atoms with E-state index in [2.05, 4.69) is 55.0 Å². The van der Waals surface area contributed by atoms with Crippen molar-refractivity contribution in [1.82, 2.24) is 30.1 Å². The topological polar surface area (TPSA) is 79.1 Å². The molecule has 2 N–H and O–H groups in total. The van der Waals surface area contributed by atoms with Gasteiger partial charge < -0.3 is 15.4 Å². The van der Waals surface area contributed by atoms with E-state index in [1.54, 1.807) is 7.05 Å². The summed E-state index contributed by atoms with van der Waals surface area (Å²) in [7, 11) is 1.81. The highest BCUT2D eigenvalue weighted by Crippen LogP contribution is 2.13. The highest BCUT2D eigenvalue weighted by Gasteiger charge is 2.13. The summed E-state index contributed by atoms with van der Waals surface area (Å²) < 4.78 is 7.51. The molecule has 0 spiro atoms. The van der Waals surface area contributed by atoms with Gasteiger partial charge in [0.2, 0.25) is 0 Å². The Morgan fingerprint density at radius 2 is 1.81 bits per heavy atom. The summed E-state index contributed by atoms with van der Waals surface area (Å²) in [5.41, 5.74) is 3.54. The lowest BCUT2D eigenvalue weighted by molar-refractivity contribution is 0.0341. The van der Waals surface area contributed by atoms with Crippen LogP contribution in [0.4, 0.5) is 0 Å². The average molecular weight is 549 g/mol. The zero-order valence-corrected chi connectivity index (χ0v) is 20.9. The number of hydrogen-bond donors (Lipinski definition) is 2. The second-order valence-electron chi connectivity index (χ2n) is 7.66. The van der Waals surface area contributed by atoms with Crippen LogP contribution in [0.5, 0.6) is 0 Å². The summed E-state index contributed by atoms with van der Waals surface area (Å²) in [5.74, 6) is 1.80. The molecule has 0 radical (unpaired) electrons. The van der Waals surface area contributed by atoms with Gasteiger partial charge >= 0.3 is 0 Å². The summed E-state index contributed by atoms with van der Waals surface area (Å²) in [6.07, 6.45) is 3.81. The number of pyridine rings is 1. The molecule has 172 valence electrons. The highest BCUT2D eigenvalue weighted by atomic mass is 127. The molecule has 3 heterocycles. The molecular formula is C23H32IN7O. The molecule has 1 aliphatic rings. The Morgan fingerprint density at radius 3 is 2.62 bits per heavy atom. The zero-order valence-electron chi connectivity index (χ0n) is 18.5. The van der Waals surface area contributed by atoms with Crippen molar-refractivity contribution in [2.24, 2.45) is 4.99 Å².